The predicted molar refractivity (Wildman–Crippen MR) is 82.8 cm³/mol. The molecule has 3 atom stereocenters. The van der Waals surface area contributed by atoms with Crippen LogP contribution in [-0.4, -0.2) is 31.1 Å². The Morgan fingerprint density at radius 3 is 3.05 bits per heavy atom. The highest BCUT2D eigenvalue weighted by Crippen LogP contribution is 2.35. The Labute approximate surface area is 121 Å². The zero-order valence-electron chi connectivity index (χ0n) is 12.2. The summed E-state index contributed by atoms with van der Waals surface area (Å²) in [5.41, 5.74) is 1.59. The fourth-order valence-corrected chi connectivity index (χ4v) is 4.88. The summed E-state index contributed by atoms with van der Waals surface area (Å²) in [6, 6.07) is 3.70. The summed E-state index contributed by atoms with van der Waals surface area (Å²) < 4.78 is 0. The molecule has 106 valence electrons. The van der Waals surface area contributed by atoms with Crippen molar-refractivity contribution in [3.05, 3.63) is 21.9 Å². The Bertz CT molecular complexity index is 415. The molecule has 2 heterocycles. The molecule has 2 nitrogen and oxygen atoms in total. The lowest BCUT2D eigenvalue weighted by Gasteiger charge is -2.40. The van der Waals surface area contributed by atoms with Gasteiger partial charge in [0.1, 0.15) is 0 Å². The molecular weight excluding hydrogens is 252 g/mol. The van der Waals surface area contributed by atoms with Crippen LogP contribution in [0.3, 0.4) is 0 Å². The van der Waals surface area contributed by atoms with Crippen molar-refractivity contribution in [2.75, 3.05) is 20.1 Å². The third-order valence-corrected chi connectivity index (χ3v) is 6.15. The summed E-state index contributed by atoms with van der Waals surface area (Å²) in [6.07, 6.45) is 6.87. The quantitative estimate of drug-likeness (QED) is 0.911. The van der Waals surface area contributed by atoms with Crippen molar-refractivity contribution < 1.29 is 0 Å². The SMILES string of the molecule is CNC1CCCCC1CN1CCc2sccc2C1C. The van der Waals surface area contributed by atoms with E-state index < -0.39 is 0 Å². The van der Waals surface area contributed by atoms with Crippen molar-refractivity contribution in [3.63, 3.8) is 0 Å². The van der Waals surface area contributed by atoms with E-state index in [-0.39, 0.29) is 0 Å². The van der Waals surface area contributed by atoms with Crippen molar-refractivity contribution in [2.24, 2.45) is 5.92 Å². The maximum Gasteiger partial charge on any atom is 0.0331 e. The Kier molecular flexibility index (Phi) is 4.25. The zero-order valence-corrected chi connectivity index (χ0v) is 13.0. The summed E-state index contributed by atoms with van der Waals surface area (Å²) in [7, 11) is 2.14. The fraction of sp³-hybridized carbons (Fsp3) is 0.750. The molecule has 2 aliphatic rings. The first-order valence-electron chi connectivity index (χ1n) is 7.77. The van der Waals surface area contributed by atoms with Crippen molar-refractivity contribution in [1.82, 2.24) is 10.2 Å². The van der Waals surface area contributed by atoms with Gasteiger partial charge in [0.05, 0.1) is 0 Å². The van der Waals surface area contributed by atoms with Crippen molar-refractivity contribution in [2.45, 2.75) is 51.1 Å². The van der Waals surface area contributed by atoms with Gasteiger partial charge in [-0.25, -0.2) is 0 Å². The number of hydrogen-bond acceptors (Lipinski definition) is 3. The second kappa shape index (κ2) is 5.94. The normalized spacial score (nSPS) is 32.2. The predicted octanol–water partition coefficient (Wildman–Crippen LogP) is 3.45. The lowest BCUT2D eigenvalue weighted by molar-refractivity contribution is 0.131. The molecule has 1 aromatic heterocycles. The van der Waals surface area contributed by atoms with Crippen LogP contribution in [0.15, 0.2) is 11.4 Å². The van der Waals surface area contributed by atoms with E-state index in [0.29, 0.717) is 6.04 Å². The second-order valence-electron chi connectivity index (χ2n) is 6.16. The third-order valence-electron chi connectivity index (χ3n) is 5.15. The number of nitrogens with zero attached hydrogens (tertiary/aromatic N) is 1. The molecule has 19 heavy (non-hydrogen) atoms. The van der Waals surface area contributed by atoms with Crippen LogP contribution in [0.4, 0.5) is 0 Å². The summed E-state index contributed by atoms with van der Waals surface area (Å²) in [4.78, 5) is 4.34. The van der Waals surface area contributed by atoms with Crippen LogP contribution in [0.5, 0.6) is 0 Å². The van der Waals surface area contributed by atoms with Gasteiger partial charge < -0.3 is 5.32 Å². The van der Waals surface area contributed by atoms with Gasteiger partial charge >= 0.3 is 0 Å². The van der Waals surface area contributed by atoms with Gasteiger partial charge in [0.2, 0.25) is 0 Å². The molecule has 0 amide bonds. The van der Waals surface area contributed by atoms with Gasteiger partial charge in [-0.15, -0.1) is 11.3 Å². The van der Waals surface area contributed by atoms with Crippen molar-refractivity contribution >= 4 is 11.3 Å². The molecular formula is C16H26N2S. The van der Waals surface area contributed by atoms with E-state index in [1.54, 1.807) is 10.4 Å². The van der Waals surface area contributed by atoms with Crippen molar-refractivity contribution in [1.29, 1.82) is 0 Å². The summed E-state index contributed by atoms with van der Waals surface area (Å²) in [6.45, 7) is 4.92. The van der Waals surface area contributed by atoms with Crippen LogP contribution in [0, 0.1) is 5.92 Å². The highest BCUT2D eigenvalue weighted by atomic mass is 32.1. The molecule has 3 rings (SSSR count). The van der Waals surface area contributed by atoms with Gasteiger partial charge in [-0.2, -0.15) is 0 Å². The average Bonchev–Trinajstić information content (AvgIpc) is 2.92. The largest absolute Gasteiger partial charge is 0.317 e. The van der Waals surface area contributed by atoms with E-state index in [1.165, 1.54) is 45.2 Å². The zero-order chi connectivity index (χ0) is 13.2. The fourth-order valence-electron chi connectivity index (χ4n) is 3.92. The Morgan fingerprint density at radius 2 is 2.21 bits per heavy atom. The van der Waals surface area contributed by atoms with Crippen LogP contribution in [-0.2, 0) is 6.42 Å². The van der Waals surface area contributed by atoms with E-state index in [9.17, 15) is 0 Å². The standard InChI is InChI=1S/C16H26N2S/c1-12-14-8-10-19-16(14)7-9-18(12)11-13-5-3-4-6-15(13)17-2/h8,10,12-13,15,17H,3-7,9,11H2,1-2H3. The third kappa shape index (κ3) is 2.74. The van der Waals surface area contributed by atoms with Gasteiger partial charge in [0.15, 0.2) is 0 Å². The molecule has 1 N–H and O–H groups in total. The minimum Gasteiger partial charge on any atom is -0.317 e. The molecule has 1 fully saturated rings. The highest BCUT2D eigenvalue weighted by molar-refractivity contribution is 7.10. The summed E-state index contributed by atoms with van der Waals surface area (Å²) >= 11 is 1.94. The van der Waals surface area contributed by atoms with Crippen molar-refractivity contribution in [3.8, 4) is 0 Å². The number of rotatable bonds is 3. The Morgan fingerprint density at radius 1 is 1.37 bits per heavy atom. The molecule has 3 unspecified atom stereocenters. The molecule has 1 aliphatic heterocycles. The van der Waals surface area contributed by atoms with Crippen LogP contribution < -0.4 is 5.32 Å². The Hall–Kier alpha value is -0.380. The lowest BCUT2D eigenvalue weighted by Crippen LogP contribution is -2.45. The molecule has 1 saturated carbocycles. The Balaban J connectivity index is 1.67. The summed E-state index contributed by atoms with van der Waals surface area (Å²) in [5, 5.41) is 5.81. The van der Waals surface area contributed by atoms with Crippen LogP contribution in [0.25, 0.3) is 0 Å². The number of thiophene rings is 1. The monoisotopic (exact) mass is 278 g/mol. The summed E-state index contributed by atoms with van der Waals surface area (Å²) in [5.74, 6) is 0.849. The van der Waals surface area contributed by atoms with E-state index >= 15 is 0 Å². The number of hydrogen-bond donors (Lipinski definition) is 1. The van der Waals surface area contributed by atoms with Gasteiger partial charge in [-0.05, 0) is 56.2 Å². The smallest absolute Gasteiger partial charge is 0.0331 e. The molecule has 0 saturated heterocycles. The topological polar surface area (TPSA) is 15.3 Å². The van der Waals surface area contributed by atoms with Gasteiger partial charge in [-0.1, -0.05) is 12.8 Å². The maximum atomic E-state index is 3.55. The molecule has 0 bridgehead atoms. The van der Waals surface area contributed by atoms with E-state index in [0.717, 1.165) is 12.0 Å². The minimum atomic E-state index is 0.620. The molecule has 0 radical (unpaired) electrons. The first kappa shape index (κ1) is 13.6. The molecule has 0 spiro atoms. The number of fused-ring (bicyclic) bond motifs is 1. The molecule has 3 heteroatoms. The maximum absolute atomic E-state index is 3.55. The van der Waals surface area contributed by atoms with Crippen LogP contribution in [0.2, 0.25) is 0 Å². The van der Waals surface area contributed by atoms with E-state index in [1.807, 2.05) is 11.3 Å². The number of nitrogens with one attached hydrogen (secondary N) is 1. The van der Waals surface area contributed by atoms with Crippen LogP contribution in [0.1, 0.15) is 49.1 Å². The van der Waals surface area contributed by atoms with E-state index in [4.69, 9.17) is 0 Å². The van der Waals surface area contributed by atoms with Gasteiger partial charge in [0.25, 0.3) is 0 Å². The first-order chi connectivity index (χ1) is 9.29. The highest BCUT2D eigenvalue weighted by Gasteiger charge is 2.30. The van der Waals surface area contributed by atoms with Crippen LogP contribution >= 0.6 is 11.3 Å². The second-order valence-corrected chi connectivity index (χ2v) is 7.16. The molecule has 1 aromatic rings. The first-order valence-corrected chi connectivity index (χ1v) is 8.65. The van der Waals surface area contributed by atoms with E-state index in [2.05, 4.69) is 35.6 Å². The molecule has 0 aromatic carbocycles. The lowest BCUT2D eigenvalue weighted by atomic mass is 9.83. The average molecular weight is 278 g/mol. The minimum absolute atomic E-state index is 0.620. The molecule has 1 aliphatic carbocycles. The van der Waals surface area contributed by atoms with Gasteiger partial charge in [-0.3, -0.25) is 4.90 Å². The van der Waals surface area contributed by atoms with Gasteiger partial charge in [0, 0.05) is 30.1 Å².